The number of ether oxygens (including phenoxy) is 1. The molecule has 1 aromatic carbocycles. The number of aryl methyl sites for hydroxylation is 1. The standard InChI is InChI=1S/C26H27ClN4O3S3/c1-5-11-31-23(20-13-35-15(3)18(20)6-2)29-30-26(31)37-14-21(32)28-24-22(25(33)34-4)19(12-36-24)16-7-9-17(27)10-8-16/h7-10,12-13H,5-6,11,14H2,1-4H3,(H,28,32). The molecule has 4 rings (SSSR count). The topological polar surface area (TPSA) is 86.1 Å². The zero-order valence-electron chi connectivity index (χ0n) is 21.0. The van der Waals surface area contributed by atoms with Crippen LogP contribution in [-0.4, -0.2) is 39.5 Å². The molecule has 4 aromatic rings. The summed E-state index contributed by atoms with van der Waals surface area (Å²) in [6, 6.07) is 7.17. The first kappa shape index (κ1) is 27.4. The first-order chi connectivity index (χ1) is 17.9. The van der Waals surface area contributed by atoms with Crippen molar-refractivity contribution in [3.63, 3.8) is 0 Å². The van der Waals surface area contributed by atoms with Gasteiger partial charge < -0.3 is 14.6 Å². The number of methoxy groups -OCH3 is 1. The zero-order chi connectivity index (χ0) is 26.5. The van der Waals surface area contributed by atoms with Gasteiger partial charge in [0.1, 0.15) is 10.6 Å². The Morgan fingerprint density at radius 2 is 1.84 bits per heavy atom. The molecule has 0 aliphatic carbocycles. The van der Waals surface area contributed by atoms with Gasteiger partial charge in [0.25, 0.3) is 0 Å². The summed E-state index contributed by atoms with van der Waals surface area (Å²) in [4.78, 5) is 26.8. The Bertz CT molecular complexity index is 1410. The lowest BCUT2D eigenvalue weighted by Gasteiger charge is -2.10. The summed E-state index contributed by atoms with van der Waals surface area (Å²) in [5.41, 5.74) is 4.21. The Morgan fingerprint density at radius 1 is 1.11 bits per heavy atom. The van der Waals surface area contributed by atoms with Crippen molar-refractivity contribution in [2.45, 2.75) is 45.3 Å². The highest BCUT2D eigenvalue weighted by Crippen LogP contribution is 2.37. The van der Waals surface area contributed by atoms with E-state index in [9.17, 15) is 9.59 Å². The summed E-state index contributed by atoms with van der Waals surface area (Å²) < 4.78 is 7.09. The fraction of sp³-hybridized carbons (Fsp3) is 0.308. The van der Waals surface area contributed by atoms with E-state index in [0.29, 0.717) is 26.3 Å². The lowest BCUT2D eigenvalue weighted by molar-refractivity contribution is -0.113. The van der Waals surface area contributed by atoms with E-state index < -0.39 is 5.97 Å². The van der Waals surface area contributed by atoms with Crippen LogP contribution in [0.15, 0.2) is 40.2 Å². The van der Waals surface area contributed by atoms with Gasteiger partial charge in [-0.15, -0.1) is 32.9 Å². The number of benzene rings is 1. The number of carbonyl (C=O) groups is 2. The second-order valence-corrected chi connectivity index (χ2v) is 11.5. The third-order valence-electron chi connectivity index (χ3n) is 5.78. The Kier molecular flexibility index (Phi) is 9.07. The van der Waals surface area contributed by atoms with Crippen LogP contribution in [0.4, 0.5) is 5.00 Å². The van der Waals surface area contributed by atoms with Crippen LogP contribution in [0, 0.1) is 6.92 Å². The largest absolute Gasteiger partial charge is 0.465 e. The van der Waals surface area contributed by atoms with Crippen LogP contribution in [0.2, 0.25) is 5.02 Å². The molecule has 37 heavy (non-hydrogen) atoms. The summed E-state index contributed by atoms with van der Waals surface area (Å²) in [5, 5.41) is 17.5. The van der Waals surface area contributed by atoms with Crippen LogP contribution >= 0.6 is 46.0 Å². The molecule has 7 nitrogen and oxygen atoms in total. The molecule has 0 fully saturated rings. The fourth-order valence-electron chi connectivity index (χ4n) is 4.02. The number of thiophene rings is 2. The molecular formula is C26H27ClN4O3S3. The highest BCUT2D eigenvalue weighted by Gasteiger charge is 2.23. The van der Waals surface area contributed by atoms with E-state index in [0.717, 1.165) is 36.3 Å². The summed E-state index contributed by atoms with van der Waals surface area (Å²) in [5.74, 6) is 0.205. The highest BCUT2D eigenvalue weighted by molar-refractivity contribution is 7.99. The van der Waals surface area contributed by atoms with Crippen molar-refractivity contribution in [2.24, 2.45) is 0 Å². The minimum atomic E-state index is -0.515. The number of halogens is 1. The van der Waals surface area contributed by atoms with Crippen LogP contribution in [0.1, 0.15) is 41.1 Å². The molecule has 0 spiro atoms. The van der Waals surface area contributed by atoms with Crippen LogP contribution < -0.4 is 5.32 Å². The molecule has 0 atom stereocenters. The zero-order valence-corrected chi connectivity index (χ0v) is 24.2. The van der Waals surface area contributed by atoms with Gasteiger partial charge in [0, 0.05) is 38.3 Å². The molecular weight excluding hydrogens is 548 g/mol. The smallest absolute Gasteiger partial charge is 0.341 e. The number of hydrogen-bond acceptors (Lipinski definition) is 8. The van der Waals surface area contributed by atoms with E-state index >= 15 is 0 Å². The predicted molar refractivity (Wildman–Crippen MR) is 153 cm³/mol. The normalized spacial score (nSPS) is 11.1. The third kappa shape index (κ3) is 5.93. The Hall–Kier alpha value is -2.66. The van der Waals surface area contributed by atoms with E-state index in [-0.39, 0.29) is 11.7 Å². The molecule has 0 saturated carbocycles. The Labute approximate surface area is 233 Å². The molecule has 0 aliphatic rings. The van der Waals surface area contributed by atoms with Gasteiger partial charge >= 0.3 is 5.97 Å². The highest BCUT2D eigenvalue weighted by atomic mass is 35.5. The van der Waals surface area contributed by atoms with E-state index in [1.165, 1.54) is 40.6 Å². The second-order valence-electron chi connectivity index (χ2n) is 8.18. The second kappa shape index (κ2) is 12.3. The molecule has 0 bridgehead atoms. The van der Waals surface area contributed by atoms with Gasteiger partial charge in [0.2, 0.25) is 5.91 Å². The number of amides is 1. The van der Waals surface area contributed by atoms with Crippen LogP contribution in [-0.2, 0) is 22.5 Å². The van der Waals surface area contributed by atoms with E-state index in [1.54, 1.807) is 23.5 Å². The Morgan fingerprint density at radius 3 is 2.51 bits per heavy atom. The number of rotatable bonds is 10. The molecule has 1 amide bonds. The van der Waals surface area contributed by atoms with Gasteiger partial charge in [-0.1, -0.05) is 49.3 Å². The predicted octanol–water partition coefficient (Wildman–Crippen LogP) is 7.19. The summed E-state index contributed by atoms with van der Waals surface area (Å²) in [6.45, 7) is 7.13. The van der Waals surface area contributed by atoms with Crippen LogP contribution in [0.25, 0.3) is 22.5 Å². The van der Waals surface area contributed by atoms with Crippen molar-refractivity contribution in [1.29, 1.82) is 0 Å². The van der Waals surface area contributed by atoms with E-state index in [2.05, 4.69) is 46.2 Å². The third-order valence-corrected chi connectivity index (χ3v) is 8.85. The minimum Gasteiger partial charge on any atom is -0.465 e. The van der Waals surface area contributed by atoms with Crippen molar-refractivity contribution in [3.8, 4) is 22.5 Å². The molecule has 194 valence electrons. The number of anilines is 1. The van der Waals surface area contributed by atoms with Crippen molar-refractivity contribution < 1.29 is 14.3 Å². The molecule has 3 aromatic heterocycles. The number of nitrogens with one attached hydrogen (secondary N) is 1. The number of carbonyl (C=O) groups excluding carboxylic acids is 2. The lowest BCUT2D eigenvalue weighted by atomic mass is 10.0. The van der Waals surface area contributed by atoms with E-state index in [1.807, 2.05) is 17.5 Å². The number of hydrogen-bond donors (Lipinski definition) is 1. The first-order valence-corrected chi connectivity index (χ1v) is 14.9. The molecule has 3 heterocycles. The number of aromatic nitrogens is 3. The lowest BCUT2D eigenvalue weighted by Crippen LogP contribution is -2.16. The Balaban J connectivity index is 1.53. The molecule has 0 aliphatic heterocycles. The maximum atomic E-state index is 12.9. The fourth-order valence-corrected chi connectivity index (χ4v) is 6.82. The average Bonchev–Trinajstić information content (AvgIpc) is 3.59. The molecule has 11 heteroatoms. The maximum Gasteiger partial charge on any atom is 0.341 e. The molecule has 0 unspecified atom stereocenters. The van der Waals surface area contributed by atoms with Gasteiger partial charge in [-0.05, 0) is 43.0 Å². The number of esters is 1. The average molecular weight is 575 g/mol. The van der Waals surface area contributed by atoms with Crippen molar-refractivity contribution in [3.05, 3.63) is 56.1 Å². The van der Waals surface area contributed by atoms with Gasteiger partial charge in [-0.3, -0.25) is 4.79 Å². The SMILES string of the molecule is CCCn1c(SCC(=O)Nc2scc(-c3ccc(Cl)cc3)c2C(=O)OC)nnc1-c1csc(C)c1CC. The minimum absolute atomic E-state index is 0.125. The van der Waals surface area contributed by atoms with Gasteiger partial charge in [-0.25, -0.2) is 4.79 Å². The monoisotopic (exact) mass is 574 g/mol. The molecule has 0 saturated heterocycles. The summed E-state index contributed by atoms with van der Waals surface area (Å²) >= 11 is 10.3. The maximum absolute atomic E-state index is 12.9. The number of thioether (sulfide) groups is 1. The van der Waals surface area contributed by atoms with Crippen molar-refractivity contribution in [2.75, 3.05) is 18.2 Å². The van der Waals surface area contributed by atoms with Crippen LogP contribution in [0.5, 0.6) is 0 Å². The van der Waals surface area contributed by atoms with Gasteiger partial charge in [0.05, 0.1) is 12.9 Å². The van der Waals surface area contributed by atoms with Crippen molar-refractivity contribution >= 4 is 62.9 Å². The summed E-state index contributed by atoms with van der Waals surface area (Å²) in [7, 11) is 1.32. The number of nitrogens with zero attached hydrogens (tertiary/aromatic N) is 3. The molecule has 0 radical (unpaired) electrons. The first-order valence-electron chi connectivity index (χ1n) is 11.8. The summed E-state index contributed by atoms with van der Waals surface area (Å²) in [6.07, 6.45) is 1.84. The van der Waals surface area contributed by atoms with Crippen molar-refractivity contribution in [1.82, 2.24) is 14.8 Å². The van der Waals surface area contributed by atoms with Crippen LogP contribution in [0.3, 0.4) is 0 Å². The van der Waals surface area contributed by atoms with Gasteiger partial charge in [-0.2, -0.15) is 0 Å². The van der Waals surface area contributed by atoms with E-state index in [4.69, 9.17) is 16.3 Å². The van der Waals surface area contributed by atoms with Gasteiger partial charge in [0.15, 0.2) is 11.0 Å². The molecule has 1 N–H and O–H groups in total. The quantitative estimate of drug-likeness (QED) is 0.159.